The topological polar surface area (TPSA) is 97.0 Å². The second kappa shape index (κ2) is 10.4. The van der Waals surface area contributed by atoms with Gasteiger partial charge in [-0.05, 0) is 31.0 Å². The molecule has 0 saturated carbocycles. The largest absolute Gasteiger partial charge is 0.460 e. The van der Waals surface area contributed by atoms with Crippen molar-refractivity contribution in [3.05, 3.63) is 41.1 Å². The van der Waals surface area contributed by atoms with Crippen molar-refractivity contribution in [2.75, 3.05) is 32.2 Å². The second-order valence-corrected chi connectivity index (χ2v) is 8.49. The van der Waals surface area contributed by atoms with Crippen LogP contribution in [0.25, 0.3) is 0 Å². The minimum atomic E-state index is -0.692. The van der Waals surface area contributed by atoms with Crippen molar-refractivity contribution in [1.82, 2.24) is 10.2 Å². The van der Waals surface area contributed by atoms with E-state index in [2.05, 4.69) is 10.6 Å². The van der Waals surface area contributed by atoms with E-state index in [9.17, 15) is 14.4 Å². The van der Waals surface area contributed by atoms with Gasteiger partial charge in [-0.2, -0.15) is 0 Å². The summed E-state index contributed by atoms with van der Waals surface area (Å²) in [6.45, 7) is 10.1. The van der Waals surface area contributed by atoms with Gasteiger partial charge in [0.05, 0.1) is 18.2 Å². The van der Waals surface area contributed by atoms with Gasteiger partial charge >= 0.3 is 12.0 Å². The molecule has 2 rings (SSSR count). The number of anilines is 1. The number of esters is 1. The van der Waals surface area contributed by atoms with E-state index < -0.39 is 17.4 Å². The number of urea groups is 1. The predicted octanol–water partition coefficient (Wildman–Crippen LogP) is 3.61. The molecule has 0 saturated heterocycles. The monoisotopic (exact) mass is 431 g/mol. The maximum atomic E-state index is 12.9. The van der Waals surface area contributed by atoms with Crippen LogP contribution in [0.2, 0.25) is 0 Å². The fourth-order valence-corrected chi connectivity index (χ4v) is 3.20. The molecule has 3 amide bonds. The average molecular weight is 432 g/mol. The Morgan fingerprint density at radius 1 is 1.23 bits per heavy atom. The van der Waals surface area contributed by atoms with Gasteiger partial charge in [-0.15, -0.1) is 0 Å². The fourth-order valence-electron chi connectivity index (χ4n) is 3.20. The zero-order chi connectivity index (χ0) is 23.2. The van der Waals surface area contributed by atoms with Crippen LogP contribution < -0.4 is 10.6 Å². The molecule has 1 aliphatic heterocycles. The number of nitrogens with zero attached hydrogens (tertiary/aromatic N) is 1. The molecule has 1 heterocycles. The molecular formula is C23H33N3O5. The Bertz CT molecular complexity index is 857. The van der Waals surface area contributed by atoms with E-state index in [4.69, 9.17) is 9.47 Å². The van der Waals surface area contributed by atoms with Gasteiger partial charge in [0.15, 0.2) is 0 Å². The van der Waals surface area contributed by atoms with Gasteiger partial charge in [-0.3, -0.25) is 9.69 Å². The second-order valence-electron chi connectivity index (χ2n) is 8.49. The number of carbonyl (C=O) groups is 3. The SMILES string of the molecule is CCCN1C(=O)NC(c2cccc(NC(=O)C(C)(C)C)c2)C(C(=O)OCCOC)=C1C. The zero-order valence-electron chi connectivity index (χ0n) is 19.2. The van der Waals surface area contributed by atoms with Crippen molar-refractivity contribution in [3.63, 3.8) is 0 Å². The lowest BCUT2D eigenvalue weighted by molar-refractivity contribution is -0.141. The molecule has 0 spiro atoms. The Morgan fingerprint density at radius 2 is 1.94 bits per heavy atom. The molecule has 1 aromatic carbocycles. The van der Waals surface area contributed by atoms with Crippen LogP contribution in [0.1, 0.15) is 52.6 Å². The van der Waals surface area contributed by atoms with Gasteiger partial charge in [0.25, 0.3) is 0 Å². The number of allylic oxidation sites excluding steroid dienone is 1. The third-order valence-electron chi connectivity index (χ3n) is 4.94. The Hall–Kier alpha value is -2.87. The van der Waals surface area contributed by atoms with Gasteiger partial charge in [0.2, 0.25) is 5.91 Å². The summed E-state index contributed by atoms with van der Waals surface area (Å²) in [6.07, 6.45) is 0.746. The van der Waals surface area contributed by atoms with Gasteiger partial charge < -0.3 is 20.1 Å². The van der Waals surface area contributed by atoms with Crippen LogP contribution in [-0.4, -0.2) is 49.7 Å². The maximum absolute atomic E-state index is 12.9. The van der Waals surface area contributed by atoms with Crippen LogP contribution >= 0.6 is 0 Å². The van der Waals surface area contributed by atoms with Crippen LogP contribution in [0.3, 0.4) is 0 Å². The number of hydrogen-bond acceptors (Lipinski definition) is 5. The number of ether oxygens (including phenoxy) is 2. The first-order chi connectivity index (χ1) is 14.6. The number of rotatable bonds is 8. The smallest absolute Gasteiger partial charge is 0.338 e. The van der Waals surface area contributed by atoms with Crippen LogP contribution in [0, 0.1) is 5.41 Å². The van der Waals surface area contributed by atoms with Crippen LogP contribution in [-0.2, 0) is 19.1 Å². The molecule has 170 valence electrons. The number of hydrogen-bond donors (Lipinski definition) is 2. The van der Waals surface area contributed by atoms with E-state index in [-0.39, 0.29) is 25.2 Å². The molecule has 31 heavy (non-hydrogen) atoms. The number of carbonyl (C=O) groups excluding carboxylic acids is 3. The number of benzene rings is 1. The molecule has 8 nitrogen and oxygen atoms in total. The van der Waals surface area contributed by atoms with Crippen molar-refractivity contribution in [1.29, 1.82) is 0 Å². The summed E-state index contributed by atoms with van der Waals surface area (Å²) in [5.41, 5.74) is 1.63. The Labute approximate surface area is 184 Å². The fraction of sp³-hybridized carbons (Fsp3) is 0.522. The van der Waals surface area contributed by atoms with E-state index in [1.54, 1.807) is 30.0 Å². The van der Waals surface area contributed by atoms with E-state index in [1.165, 1.54) is 7.11 Å². The molecule has 8 heteroatoms. The highest BCUT2D eigenvalue weighted by molar-refractivity contribution is 5.96. The van der Waals surface area contributed by atoms with Gasteiger partial charge in [0.1, 0.15) is 6.61 Å². The maximum Gasteiger partial charge on any atom is 0.338 e. The van der Waals surface area contributed by atoms with Crippen LogP contribution in [0.4, 0.5) is 10.5 Å². The summed E-state index contributed by atoms with van der Waals surface area (Å²) < 4.78 is 10.3. The van der Waals surface area contributed by atoms with Crippen molar-refractivity contribution < 1.29 is 23.9 Å². The first kappa shape index (κ1) is 24.4. The lowest BCUT2D eigenvalue weighted by Gasteiger charge is -2.35. The first-order valence-electron chi connectivity index (χ1n) is 10.5. The first-order valence-corrected chi connectivity index (χ1v) is 10.5. The van der Waals surface area contributed by atoms with Gasteiger partial charge in [-0.1, -0.05) is 39.8 Å². The lowest BCUT2D eigenvalue weighted by Crippen LogP contribution is -2.48. The predicted molar refractivity (Wildman–Crippen MR) is 118 cm³/mol. The van der Waals surface area contributed by atoms with Crippen molar-refractivity contribution >= 4 is 23.6 Å². The average Bonchev–Trinajstić information content (AvgIpc) is 2.70. The van der Waals surface area contributed by atoms with Crippen LogP contribution in [0.15, 0.2) is 35.5 Å². The molecule has 0 aliphatic carbocycles. The third-order valence-corrected chi connectivity index (χ3v) is 4.94. The highest BCUT2D eigenvalue weighted by Crippen LogP contribution is 2.32. The summed E-state index contributed by atoms with van der Waals surface area (Å²) >= 11 is 0. The molecule has 0 fully saturated rings. The Balaban J connectivity index is 2.42. The van der Waals surface area contributed by atoms with Gasteiger partial charge in [0, 0.05) is 30.5 Å². The number of nitrogens with one attached hydrogen (secondary N) is 2. The van der Waals surface area contributed by atoms with Crippen LogP contribution in [0.5, 0.6) is 0 Å². The summed E-state index contributed by atoms with van der Waals surface area (Å²) in [6, 6.07) is 6.15. The molecule has 0 bridgehead atoms. The molecule has 0 radical (unpaired) electrons. The Kier molecular flexibility index (Phi) is 8.21. The zero-order valence-corrected chi connectivity index (χ0v) is 19.2. The van der Waals surface area contributed by atoms with Crippen molar-refractivity contribution in [2.24, 2.45) is 5.41 Å². The highest BCUT2D eigenvalue weighted by atomic mass is 16.6. The third kappa shape index (κ3) is 6.07. The molecule has 1 atom stereocenters. The molecule has 0 aromatic heterocycles. The standard InChI is InChI=1S/C23H33N3O5/c1-7-11-26-15(2)18(20(27)31-13-12-30-6)19(25-22(26)29)16-9-8-10-17(14-16)24-21(28)23(3,4)5/h8-10,14,19H,7,11-13H2,1-6H3,(H,24,28)(H,25,29). The number of amides is 3. The molecule has 1 aliphatic rings. The van der Waals surface area contributed by atoms with E-state index >= 15 is 0 Å². The summed E-state index contributed by atoms with van der Waals surface area (Å²) in [5.74, 6) is -0.637. The number of methoxy groups -OCH3 is 1. The van der Waals surface area contributed by atoms with Crippen molar-refractivity contribution in [3.8, 4) is 0 Å². The minimum absolute atomic E-state index is 0.113. The van der Waals surface area contributed by atoms with Gasteiger partial charge in [-0.25, -0.2) is 9.59 Å². The molecule has 1 unspecified atom stereocenters. The normalized spacial score (nSPS) is 16.8. The minimum Gasteiger partial charge on any atom is -0.460 e. The molecular weight excluding hydrogens is 398 g/mol. The summed E-state index contributed by atoms with van der Waals surface area (Å²) in [4.78, 5) is 39.6. The molecule has 1 aromatic rings. The van der Waals surface area contributed by atoms with Crippen molar-refractivity contribution in [2.45, 2.75) is 47.1 Å². The molecule has 2 N–H and O–H groups in total. The summed E-state index contributed by atoms with van der Waals surface area (Å²) in [5, 5.41) is 5.80. The quantitative estimate of drug-likeness (QED) is 0.484. The highest BCUT2D eigenvalue weighted by Gasteiger charge is 2.36. The summed E-state index contributed by atoms with van der Waals surface area (Å²) in [7, 11) is 1.53. The lowest BCUT2D eigenvalue weighted by atomic mass is 9.93. The van der Waals surface area contributed by atoms with E-state index in [1.807, 2.05) is 33.8 Å². The Morgan fingerprint density at radius 3 is 2.55 bits per heavy atom. The van der Waals surface area contributed by atoms with E-state index in [0.717, 1.165) is 6.42 Å². The van der Waals surface area contributed by atoms with E-state index in [0.29, 0.717) is 29.1 Å².